The number of methoxy groups -OCH3 is 1. The maximum Gasteiger partial charge on any atom is 0.186 e. The van der Waals surface area contributed by atoms with E-state index < -0.39 is 0 Å². The van der Waals surface area contributed by atoms with E-state index in [1.54, 1.807) is 7.11 Å². The Morgan fingerprint density at radius 2 is 1.48 bits per heavy atom. The molecule has 0 heterocycles. The van der Waals surface area contributed by atoms with Gasteiger partial charge in [-0.05, 0) is 69.5 Å². The third-order valence-electron chi connectivity index (χ3n) is 2.98. The van der Waals surface area contributed by atoms with Crippen LogP contribution in [0.3, 0.4) is 0 Å². The van der Waals surface area contributed by atoms with Crippen molar-refractivity contribution in [3.63, 3.8) is 0 Å². The molecule has 0 fully saturated rings. The summed E-state index contributed by atoms with van der Waals surface area (Å²) in [5, 5.41) is 15.5. The van der Waals surface area contributed by atoms with Gasteiger partial charge in [-0.25, -0.2) is 0 Å². The normalized spacial score (nSPS) is 11.5. The van der Waals surface area contributed by atoms with Crippen LogP contribution in [-0.2, 0) is 0 Å². The largest absolute Gasteiger partial charge is 0.497 e. The highest BCUT2D eigenvalue weighted by atomic mass is 32.1. The van der Waals surface area contributed by atoms with Gasteiger partial charge in [0.15, 0.2) is 10.2 Å². The van der Waals surface area contributed by atoms with E-state index in [1.807, 2.05) is 45.0 Å². The van der Waals surface area contributed by atoms with Crippen LogP contribution < -0.4 is 26.2 Å². The highest BCUT2D eigenvalue weighted by Crippen LogP contribution is 2.12. The van der Waals surface area contributed by atoms with E-state index >= 15 is 0 Å². The summed E-state index contributed by atoms with van der Waals surface area (Å²) in [6.07, 6.45) is 0. The first-order valence-corrected chi connectivity index (χ1v) is 8.67. The summed E-state index contributed by atoms with van der Waals surface area (Å²) in [6, 6.07) is 7.52. The van der Waals surface area contributed by atoms with Gasteiger partial charge in [-0.15, -0.1) is 0 Å². The zero-order valence-corrected chi connectivity index (χ0v) is 16.5. The van der Waals surface area contributed by atoms with Gasteiger partial charge in [-0.1, -0.05) is 0 Å². The predicted octanol–water partition coefficient (Wildman–Crippen LogP) is 1.74. The van der Waals surface area contributed by atoms with E-state index in [0.717, 1.165) is 17.9 Å². The summed E-state index contributed by atoms with van der Waals surface area (Å²) < 4.78 is 5.19. The summed E-state index contributed by atoms with van der Waals surface area (Å²) in [7, 11) is 1.62. The average Bonchev–Trinajstić information content (AvgIpc) is 2.61. The predicted molar refractivity (Wildman–Crippen MR) is 111 cm³/mol. The molecule has 1 rings (SSSR count). The molecule has 0 atom stereocenters. The van der Waals surface area contributed by atoms with Crippen molar-refractivity contribution in [2.24, 2.45) is 10.2 Å². The van der Waals surface area contributed by atoms with E-state index in [2.05, 4.69) is 31.7 Å². The average molecular weight is 381 g/mol. The highest BCUT2D eigenvalue weighted by molar-refractivity contribution is 7.80. The Bertz CT molecular complexity index is 643. The number of thiocarbonyl (C=S) groups is 2. The van der Waals surface area contributed by atoms with Crippen LogP contribution >= 0.6 is 24.4 Å². The standard InChI is InChI=1S/C16H24N6OS2/c1-5-17-15(24)21-19-11(3)14(20-22-16(25)18-6-2)12-7-9-13(23-4)10-8-12/h7-10H,5-6H2,1-4H3,(H2,17,21,24)(H2,18,22,25). The Labute approximate surface area is 159 Å². The first-order valence-electron chi connectivity index (χ1n) is 7.86. The Kier molecular flexibility index (Phi) is 9.41. The molecular formula is C16H24N6OS2. The SMILES string of the molecule is CCNC(=S)NN=C(C)C(=NNC(=S)NCC)c1ccc(OC)cc1. The molecule has 0 aliphatic heterocycles. The molecule has 0 unspecified atom stereocenters. The van der Waals surface area contributed by atoms with Gasteiger partial charge in [0.25, 0.3) is 0 Å². The zero-order chi connectivity index (χ0) is 18.7. The number of nitrogens with one attached hydrogen (secondary N) is 4. The number of ether oxygens (including phenoxy) is 1. The Morgan fingerprint density at radius 3 is 1.96 bits per heavy atom. The quantitative estimate of drug-likeness (QED) is 0.326. The topological polar surface area (TPSA) is 82.1 Å². The molecule has 0 radical (unpaired) electrons. The van der Waals surface area contributed by atoms with Gasteiger partial charge in [-0.3, -0.25) is 10.9 Å². The van der Waals surface area contributed by atoms with Crippen LogP contribution in [0.4, 0.5) is 0 Å². The first-order chi connectivity index (χ1) is 12.0. The van der Waals surface area contributed by atoms with Crippen LogP contribution in [0.15, 0.2) is 34.5 Å². The summed E-state index contributed by atoms with van der Waals surface area (Å²) in [5.41, 5.74) is 7.77. The molecular weight excluding hydrogens is 356 g/mol. The second-order valence-electron chi connectivity index (χ2n) is 4.83. The van der Waals surface area contributed by atoms with Gasteiger partial charge >= 0.3 is 0 Å². The molecule has 1 aromatic carbocycles. The fourth-order valence-electron chi connectivity index (χ4n) is 1.80. The Hall–Kier alpha value is -2.26. The van der Waals surface area contributed by atoms with Crippen molar-refractivity contribution < 1.29 is 4.74 Å². The van der Waals surface area contributed by atoms with Crippen molar-refractivity contribution in [3.8, 4) is 5.75 Å². The van der Waals surface area contributed by atoms with Crippen LogP contribution in [-0.4, -0.2) is 41.8 Å². The molecule has 0 bridgehead atoms. The van der Waals surface area contributed by atoms with Crippen LogP contribution in [0.25, 0.3) is 0 Å². The highest BCUT2D eigenvalue weighted by Gasteiger charge is 2.09. The summed E-state index contributed by atoms with van der Waals surface area (Å²) in [6.45, 7) is 7.19. The van der Waals surface area contributed by atoms with E-state index in [0.29, 0.717) is 28.2 Å². The van der Waals surface area contributed by atoms with Gasteiger partial charge in [0.2, 0.25) is 0 Å². The Balaban J connectivity index is 3.04. The van der Waals surface area contributed by atoms with E-state index in [-0.39, 0.29) is 0 Å². The molecule has 0 aromatic heterocycles. The lowest BCUT2D eigenvalue weighted by Crippen LogP contribution is -2.34. The molecule has 136 valence electrons. The van der Waals surface area contributed by atoms with E-state index in [4.69, 9.17) is 29.2 Å². The van der Waals surface area contributed by atoms with Crippen LogP contribution in [0.1, 0.15) is 26.3 Å². The van der Waals surface area contributed by atoms with Crippen molar-refractivity contribution in [1.29, 1.82) is 0 Å². The fourth-order valence-corrected chi connectivity index (χ4v) is 2.18. The number of benzene rings is 1. The van der Waals surface area contributed by atoms with Crippen LogP contribution in [0.2, 0.25) is 0 Å². The number of rotatable bonds is 7. The van der Waals surface area contributed by atoms with Gasteiger partial charge in [-0.2, -0.15) is 10.2 Å². The van der Waals surface area contributed by atoms with Crippen LogP contribution in [0, 0.1) is 0 Å². The smallest absolute Gasteiger partial charge is 0.186 e. The number of hydrazone groups is 2. The number of hydrogen-bond donors (Lipinski definition) is 4. The summed E-state index contributed by atoms with van der Waals surface area (Å²) in [4.78, 5) is 0. The van der Waals surface area contributed by atoms with Crippen molar-refractivity contribution in [3.05, 3.63) is 29.8 Å². The van der Waals surface area contributed by atoms with Crippen LogP contribution in [0.5, 0.6) is 5.75 Å². The minimum absolute atomic E-state index is 0.442. The van der Waals surface area contributed by atoms with Crippen molar-refractivity contribution in [1.82, 2.24) is 21.5 Å². The summed E-state index contributed by atoms with van der Waals surface area (Å²) in [5.74, 6) is 0.764. The van der Waals surface area contributed by atoms with Gasteiger partial charge in [0, 0.05) is 18.7 Å². The Morgan fingerprint density at radius 1 is 0.960 bits per heavy atom. The second kappa shape index (κ2) is 11.3. The molecule has 4 N–H and O–H groups in total. The molecule has 7 nitrogen and oxygen atoms in total. The minimum atomic E-state index is 0.442. The molecule has 9 heteroatoms. The first kappa shape index (κ1) is 20.8. The van der Waals surface area contributed by atoms with Crippen molar-refractivity contribution in [2.45, 2.75) is 20.8 Å². The molecule has 0 aliphatic carbocycles. The third kappa shape index (κ3) is 7.44. The maximum absolute atomic E-state index is 5.19. The van der Waals surface area contributed by atoms with Gasteiger partial charge < -0.3 is 15.4 Å². The van der Waals surface area contributed by atoms with Gasteiger partial charge in [0.1, 0.15) is 11.5 Å². The molecule has 0 spiro atoms. The third-order valence-corrected chi connectivity index (χ3v) is 3.45. The maximum atomic E-state index is 5.19. The molecule has 0 saturated heterocycles. The number of hydrogen-bond acceptors (Lipinski definition) is 5. The van der Waals surface area contributed by atoms with E-state index in [9.17, 15) is 0 Å². The van der Waals surface area contributed by atoms with Gasteiger partial charge in [0.05, 0.1) is 12.8 Å². The minimum Gasteiger partial charge on any atom is -0.497 e. The fraction of sp³-hybridized carbons (Fsp3) is 0.375. The molecule has 0 saturated carbocycles. The van der Waals surface area contributed by atoms with Crippen molar-refractivity contribution in [2.75, 3.05) is 20.2 Å². The monoisotopic (exact) mass is 380 g/mol. The number of nitrogens with zero attached hydrogens (tertiary/aromatic N) is 2. The molecule has 0 amide bonds. The molecule has 25 heavy (non-hydrogen) atoms. The van der Waals surface area contributed by atoms with E-state index in [1.165, 1.54) is 0 Å². The lowest BCUT2D eigenvalue weighted by molar-refractivity contribution is 0.415. The lowest BCUT2D eigenvalue weighted by atomic mass is 10.1. The lowest BCUT2D eigenvalue weighted by Gasteiger charge is -2.11. The molecule has 1 aromatic rings. The molecule has 0 aliphatic rings. The van der Waals surface area contributed by atoms with Crippen molar-refractivity contribution >= 4 is 46.1 Å². The second-order valence-corrected chi connectivity index (χ2v) is 5.65. The summed E-state index contributed by atoms with van der Waals surface area (Å²) >= 11 is 10.3. The zero-order valence-electron chi connectivity index (χ0n) is 14.8.